The van der Waals surface area contributed by atoms with Gasteiger partial charge in [-0.15, -0.1) is 0 Å². The van der Waals surface area contributed by atoms with Crippen molar-refractivity contribution in [3.63, 3.8) is 0 Å². The van der Waals surface area contributed by atoms with Crippen LogP contribution in [0, 0.1) is 0 Å². The first-order valence-corrected chi connectivity index (χ1v) is 14.1. The van der Waals surface area contributed by atoms with Gasteiger partial charge in [-0.1, -0.05) is 0 Å². The van der Waals surface area contributed by atoms with E-state index in [2.05, 4.69) is 0 Å². The first-order valence-electron chi connectivity index (χ1n) is 14.1. The molecule has 4 rings (SSSR count). The summed E-state index contributed by atoms with van der Waals surface area (Å²) in [5, 5.41) is 142. The van der Waals surface area contributed by atoms with Crippen molar-refractivity contribution < 1.29 is 105 Å². The van der Waals surface area contributed by atoms with Gasteiger partial charge in [0, 0.05) is 0 Å². The van der Waals surface area contributed by atoms with E-state index in [9.17, 15) is 71.5 Å². The van der Waals surface area contributed by atoms with Crippen molar-refractivity contribution in [1.82, 2.24) is 0 Å². The molecule has 0 spiro atoms. The van der Waals surface area contributed by atoms with Crippen LogP contribution in [0.25, 0.3) is 0 Å². The monoisotopic (exact) mass is 666 g/mol. The van der Waals surface area contributed by atoms with Gasteiger partial charge in [-0.25, -0.2) is 0 Å². The molecule has 0 bridgehead atoms. The van der Waals surface area contributed by atoms with E-state index in [0.29, 0.717) is 0 Å². The van der Waals surface area contributed by atoms with Gasteiger partial charge < -0.3 is 105 Å². The van der Waals surface area contributed by atoms with Gasteiger partial charge in [0.05, 0.1) is 26.4 Å². The number of rotatable bonds is 10. The van der Waals surface area contributed by atoms with Gasteiger partial charge in [-0.2, -0.15) is 0 Å². The topological polar surface area (TPSA) is 348 Å². The number of aliphatic hydroxyl groups excluding tert-OH is 14. The van der Waals surface area contributed by atoms with E-state index in [-0.39, 0.29) is 0 Å². The second-order valence-corrected chi connectivity index (χ2v) is 11.1. The summed E-state index contributed by atoms with van der Waals surface area (Å²) in [7, 11) is 0. The minimum atomic E-state index is -2.02. The number of ether oxygens (including phenoxy) is 7. The number of hydrogen-bond donors (Lipinski definition) is 14. The third-order valence-corrected chi connectivity index (χ3v) is 8.20. The summed E-state index contributed by atoms with van der Waals surface area (Å²) in [4.78, 5) is 0. The van der Waals surface area contributed by atoms with Crippen LogP contribution in [0.4, 0.5) is 0 Å². The van der Waals surface area contributed by atoms with Crippen molar-refractivity contribution >= 4 is 0 Å². The van der Waals surface area contributed by atoms with E-state index in [1.54, 1.807) is 0 Å². The average Bonchev–Trinajstić information content (AvgIpc) is 3.03. The quantitative estimate of drug-likeness (QED) is 0.103. The molecule has 4 fully saturated rings. The third-order valence-electron chi connectivity index (χ3n) is 8.20. The molecule has 0 amide bonds. The summed E-state index contributed by atoms with van der Waals surface area (Å²) >= 11 is 0. The molecule has 264 valence electrons. The minimum Gasteiger partial charge on any atom is -0.394 e. The van der Waals surface area contributed by atoms with Crippen LogP contribution in [-0.4, -0.2) is 221 Å². The molecule has 0 aromatic heterocycles. The van der Waals surface area contributed by atoms with Crippen molar-refractivity contribution in [3.8, 4) is 0 Å². The van der Waals surface area contributed by atoms with Crippen molar-refractivity contribution in [2.45, 2.75) is 123 Å². The maximum atomic E-state index is 10.9. The molecule has 0 radical (unpaired) electrons. The molecule has 0 aromatic carbocycles. The van der Waals surface area contributed by atoms with Crippen molar-refractivity contribution in [1.29, 1.82) is 0 Å². The molecule has 12 unspecified atom stereocenters. The van der Waals surface area contributed by atoms with Crippen LogP contribution in [0.2, 0.25) is 0 Å². The molecule has 20 atom stereocenters. The molecule has 21 heteroatoms. The fourth-order valence-electron chi connectivity index (χ4n) is 5.55. The molecular weight excluding hydrogens is 624 g/mol. The molecule has 21 nitrogen and oxygen atoms in total. The Morgan fingerprint density at radius 2 is 0.644 bits per heavy atom. The van der Waals surface area contributed by atoms with Crippen LogP contribution in [0.3, 0.4) is 0 Å². The minimum absolute atomic E-state index is 0.784. The van der Waals surface area contributed by atoms with E-state index in [4.69, 9.17) is 33.2 Å². The molecule has 0 aliphatic carbocycles. The molecule has 45 heavy (non-hydrogen) atoms. The fourth-order valence-corrected chi connectivity index (χ4v) is 5.55. The number of hydrogen-bond acceptors (Lipinski definition) is 21. The van der Waals surface area contributed by atoms with E-state index in [1.807, 2.05) is 0 Å². The zero-order valence-corrected chi connectivity index (χ0v) is 23.5. The predicted molar refractivity (Wildman–Crippen MR) is 134 cm³/mol. The smallest absolute Gasteiger partial charge is 0.187 e. The molecule has 4 saturated heterocycles. The Morgan fingerprint density at radius 1 is 0.333 bits per heavy atom. The van der Waals surface area contributed by atoms with Gasteiger partial charge in [0.15, 0.2) is 25.2 Å². The van der Waals surface area contributed by atoms with Gasteiger partial charge in [0.2, 0.25) is 0 Å². The SMILES string of the molecule is OCC1O[C@@H](O[C@H]2C(CO)O[C@@H](O[C@H]3C(CO)O[C@@H](O[C@@H]4C(CO)O[C@@H](O)C(O)C4O)C(O)C3O)C(O)C2O)C(O)C(O)[C@H]1O. The molecule has 14 N–H and O–H groups in total. The van der Waals surface area contributed by atoms with Crippen molar-refractivity contribution in [2.75, 3.05) is 26.4 Å². The summed E-state index contributed by atoms with van der Waals surface area (Å²) < 4.78 is 37.7. The molecule has 4 aliphatic rings. The number of aliphatic hydroxyl groups is 14. The maximum absolute atomic E-state index is 10.9. The van der Waals surface area contributed by atoms with E-state index in [1.165, 1.54) is 0 Å². The van der Waals surface area contributed by atoms with E-state index >= 15 is 0 Å². The Balaban J connectivity index is 1.43. The lowest BCUT2D eigenvalue weighted by Gasteiger charge is -2.49. The second kappa shape index (κ2) is 15.6. The van der Waals surface area contributed by atoms with Crippen LogP contribution in [0.1, 0.15) is 0 Å². The Bertz CT molecular complexity index is 910. The molecule has 0 saturated carbocycles. The summed E-state index contributed by atoms with van der Waals surface area (Å²) in [6, 6.07) is 0. The molecular formula is C24H42O21. The van der Waals surface area contributed by atoms with Crippen molar-refractivity contribution in [2.24, 2.45) is 0 Å². The molecule has 0 aromatic rings. The first-order chi connectivity index (χ1) is 21.3. The lowest BCUT2D eigenvalue weighted by molar-refractivity contribution is -0.387. The molecule has 4 aliphatic heterocycles. The third kappa shape index (κ3) is 7.44. The van der Waals surface area contributed by atoms with Crippen LogP contribution in [-0.2, 0) is 33.2 Å². The average molecular weight is 667 g/mol. The Labute approximate surface area is 254 Å². The predicted octanol–water partition coefficient (Wildman–Crippen LogP) is -9.75. The second-order valence-electron chi connectivity index (χ2n) is 11.1. The highest BCUT2D eigenvalue weighted by molar-refractivity contribution is 4.97. The summed E-state index contributed by atoms with van der Waals surface area (Å²) in [5.41, 5.74) is 0. The highest BCUT2D eigenvalue weighted by Gasteiger charge is 2.55. The van der Waals surface area contributed by atoms with Crippen LogP contribution >= 0.6 is 0 Å². The van der Waals surface area contributed by atoms with Crippen molar-refractivity contribution in [3.05, 3.63) is 0 Å². The maximum Gasteiger partial charge on any atom is 0.187 e. The standard InChI is InChI=1S/C24H42O21/c25-1-5-9(29)10(30)15(35)22(40-5)44-19-7(3-27)42-24(17(37)12(19)32)45-20-8(4-28)41-23(16(36)13(20)33)43-18-6(2-26)39-21(38)14(34)11(18)31/h5-38H,1-4H2/t5?,6?,7?,8?,9-,10?,11?,12?,13?,14?,15?,16?,17?,18+,19-,20-,21+,22-,23-,24-/m0/s1. The zero-order chi connectivity index (χ0) is 33.3. The van der Waals surface area contributed by atoms with Gasteiger partial charge >= 0.3 is 0 Å². The van der Waals surface area contributed by atoms with E-state index < -0.39 is 149 Å². The van der Waals surface area contributed by atoms with Gasteiger partial charge in [0.1, 0.15) is 97.7 Å². The van der Waals surface area contributed by atoms with Gasteiger partial charge in [0.25, 0.3) is 0 Å². The summed E-state index contributed by atoms with van der Waals surface area (Å²) in [6.07, 6.45) is -35.3. The highest BCUT2D eigenvalue weighted by Crippen LogP contribution is 2.34. The van der Waals surface area contributed by atoms with Crippen LogP contribution in [0.15, 0.2) is 0 Å². The fraction of sp³-hybridized carbons (Fsp3) is 1.00. The van der Waals surface area contributed by atoms with Gasteiger partial charge in [-0.3, -0.25) is 0 Å². The Hall–Kier alpha value is -0.840. The largest absolute Gasteiger partial charge is 0.394 e. The Morgan fingerprint density at radius 3 is 1.02 bits per heavy atom. The summed E-state index contributed by atoms with van der Waals surface area (Å²) in [5.74, 6) is 0. The van der Waals surface area contributed by atoms with Gasteiger partial charge in [-0.05, 0) is 0 Å². The lowest BCUT2D eigenvalue weighted by Crippen LogP contribution is -2.67. The first kappa shape index (κ1) is 37.0. The highest BCUT2D eigenvalue weighted by atomic mass is 16.8. The van der Waals surface area contributed by atoms with E-state index in [0.717, 1.165) is 0 Å². The Kier molecular flexibility index (Phi) is 12.8. The summed E-state index contributed by atoms with van der Waals surface area (Å²) in [6.45, 7) is -3.39. The van der Waals surface area contributed by atoms with Crippen LogP contribution < -0.4 is 0 Å². The zero-order valence-electron chi connectivity index (χ0n) is 23.5. The van der Waals surface area contributed by atoms with Crippen LogP contribution in [0.5, 0.6) is 0 Å². The normalized spacial score (nSPS) is 52.9. The molecule has 4 heterocycles. The lowest BCUT2D eigenvalue weighted by atomic mass is 9.95.